The Hall–Kier alpha value is -0.120. The molecule has 2 aliphatic rings. The van der Waals surface area contributed by atoms with Crippen molar-refractivity contribution in [3.63, 3.8) is 0 Å². The van der Waals surface area contributed by atoms with Gasteiger partial charge in [0, 0.05) is 24.7 Å². The first-order valence-corrected chi connectivity index (χ1v) is 6.75. The van der Waals surface area contributed by atoms with Crippen molar-refractivity contribution in [1.29, 1.82) is 0 Å². The number of nitrogens with zero attached hydrogens (tertiary/aromatic N) is 1. The van der Waals surface area contributed by atoms with Crippen LogP contribution in [0.25, 0.3) is 0 Å². The largest absolute Gasteiger partial charge is 0.380 e. The third-order valence-corrected chi connectivity index (χ3v) is 4.49. The van der Waals surface area contributed by atoms with E-state index >= 15 is 0 Å². The van der Waals surface area contributed by atoms with Crippen LogP contribution in [0.3, 0.4) is 0 Å². The van der Waals surface area contributed by atoms with Crippen LogP contribution in [-0.2, 0) is 4.74 Å². The molecule has 1 heterocycles. The van der Waals surface area contributed by atoms with Crippen LogP contribution in [0.4, 0.5) is 0 Å². The molecule has 4 unspecified atom stereocenters. The van der Waals surface area contributed by atoms with E-state index in [-0.39, 0.29) is 0 Å². The Balaban J connectivity index is 1.96. The molecule has 0 spiro atoms. The van der Waals surface area contributed by atoms with Gasteiger partial charge < -0.3 is 10.5 Å². The molecule has 1 aliphatic carbocycles. The van der Waals surface area contributed by atoms with Crippen LogP contribution in [0, 0.1) is 5.92 Å². The maximum atomic E-state index is 6.21. The van der Waals surface area contributed by atoms with Crippen LogP contribution in [0.1, 0.15) is 39.0 Å². The Labute approximate surface area is 99.3 Å². The minimum absolute atomic E-state index is 0.299. The van der Waals surface area contributed by atoms with Crippen molar-refractivity contribution in [2.75, 3.05) is 20.3 Å². The van der Waals surface area contributed by atoms with Crippen molar-refractivity contribution in [3.8, 4) is 0 Å². The zero-order chi connectivity index (χ0) is 11.5. The molecule has 0 aromatic rings. The fourth-order valence-electron chi connectivity index (χ4n) is 3.31. The summed E-state index contributed by atoms with van der Waals surface area (Å²) in [6.45, 7) is 4.04. The maximum Gasteiger partial charge on any atom is 0.0636 e. The van der Waals surface area contributed by atoms with E-state index in [0.29, 0.717) is 18.1 Å². The third kappa shape index (κ3) is 2.58. The van der Waals surface area contributed by atoms with E-state index < -0.39 is 0 Å². The van der Waals surface area contributed by atoms with E-state index in [0.717, 1.165) is 25.6 Å². The monoisotopic (exact) mass is 226 g/mol. The van der Waals surface area contributed by atoms with Gasteiger partial charge in [-0.25, -0.2) is 0 Å². The molecule has 0 radical (unpaired) electrons. The van der Waals surface area contributed by atoms with Crippen LogP contribution < -0.4 is 5.73 Å². The molecule has 1 aliphatic heterocycles. The minimum atomic E-state index is 0.299. The number of hydrogen-bond donors (Lipinski definition) is 1. The van der Waals surface area contributed by atoms with Crippen LogP contribution in [0.2, 0.25) is 0 Å². The Kier molecular flexibility index (Phi) is 4.22. The summed E-state index contributed by atoms with van der Waals surface area (Å²) in [7, 11) is 2.24. The number of hydrogen-bond acceptors (Lipinski definition) is 3. The first-order chi connectivity index (χ1) is 7.70. The lowest BCUT2D eigenvalue weighted by molar-refractivity contribution is -0.0155. The van der Waals surface area contributed by atoms with Crippen molar-refractivity contribution >= 4 is 0 Å². The summed E-state index contributed by atoms with van der Waals surface area (Å²) in [6, 6.07) is 1.44. The van der Waals surface area contributed by atoms with Crippen molar-refractivity contribution in [2.24, 2.45) is 11.7 Å². The first kappa shape index (κ1) is 12.3. The molecule has 2 fully saturated rings. The molecule has 0 aromatic heterocycles. The molecular weight excluding hydrogens is 200 g/mol. The van der Waals surface area contributed by atoms with Gasteiger partial charge in [-0.05, 0) is 32.2 Å². The van der Waals surface area contributed by atoms with Gasteiger partial charge in [-0.2, -0.15) is 0 Å². The minimum Gasteiger partial charge on any atom is -0.380 e. The number of nitrogens with two attached hydrogens (primary N) is 1. The lowest BCUT2D eigenvalue weighted by Gasteiger charge is -2.44. The molecule has 0 aromatic carbocycles. The van der Waals surface area contributed by atoms with Crippen LogP contribution in [0.15, 0.2) is 0 Å². The van der Waals surface area contributed by atoms with E-state index in [1.54, 1.807) is 0 Å². The summed E-state index contributed by atoms with van der Waals surface area (Å²) < 4.78 is 5.58. The molecule has 4 atom stereocenters. The van der Waals surface area contributed by atoms with Crippen molar-refractivity contribution < 1.29 is 4.74 Å². The second-order valence-corrected chi connectivity index (χ2v) is 5.59. The maximum absolute atomic E-state index is 6.21. The SMILES string of the molecule is CC1CCCCC1N(C)C1COCCC1N. The molecule has 0 bridgehead atoms. The van der Waals surface area contributed by atoms with Gasteiger partial charge in [0.25, 0.3) is 0 Å². The quantitative estimate of drug-likeness (QED) is 0.777. The van der Waals surface area contributed by atoms with E-state index in [4.69, 9.17) is 10.5 Å². The molecular formula is C13H26N2O. The molecule has 2 rings (SSSR count). The van der Waals surface area contributed by atoms with Gasteiger partial charge in [-0.3, -0.25) is 4.90 Å². The number of ether oxygens (including phenoxy) is 1. The van der Waals surface area contributed by atoms with E-state index in [9.17, 15) is 0 Å². The summed E-state index contributed by atoms with van der Waals surface area (Å²) in [6.07, 6.45) is 6.50. The summed E-state index contributed by atoms with van der Waals surface area (Å²) in [5.74, 6) is 0.813. The molecule has 16 heavy (non-hydrogen) atoms. The molecule has 2 N–H and O–H groups in total. The third-order valence-electron chi connectivity index (χ3n) is 4.49. The molecule has 94 valence electrons. The van der Waals surface area contributed by atoms with Crippen molar-refractivity contribution in [1.82, 2.24) is 4.90 Å². The second-order valence-electron chi connectivity index (χ2n) is 5.59. The topological polar surface area (TPSA) is 38.5 Å². The van der Waals surface area contributed by atoms with Crippen LogP contribution in [0.5, 0.6) is 0 Å². The molecule has 1 saturated heterocycles. The highest BCUT2D eigenvalue weighted by molar-refractivity contribution is 4.89. The van der Waals surface area contributed by atoms with Crippen LogP contribution in [-0.4, -0.2) is 43.3 Å². The van der Waals surface area contributed by atoms with E-state index in [1.165, 1.54) is 25.7 Å². The average molecular weight is 226 g/mol. The predicted octanol–water partition coefficient (Wildman–Crippen LogP) is 1.61. The Morgan fingerprint density at radius 1 is 1.12 bits per heavy atom. The summed E-state index contributed by atoms with van der Waals surface area (Å²) in [4.78, 5) is 2.51. The zero-order valence-corrected chi connectivity index (χ0v) is 10.7. The summed E-state index contributed by atoms with van der Waals surface area (Å²) in [5.41, 5.74) is 6.21. The summed E-state index contributed by atoms with van der Waals surface area (Å²) >= 11 is 0. The molecule has 0 amide bonds. The fraction of sp³-hybridized carbons (Fsp3) is 1.00. The van der Waals surface area contributed by atoms with Gasteiger partial charge in [-0.1, -0.05) is 19.8 Å². The summed E-state index contributed by atoms with van der Waals surface area (Å²) in [5, 5.41) is 0. The number of likely N-dealkylation sites (N-methyl/N-ethyl adjacent to an activating group) is 1. The van der Waals surface area contributed by atoms with Gasteiger partial charge in [0.15, 0.2) is 0 Å². The highest BCUT2D eigenvalue weighted by atomic mass is 16.5. The Bertz CT molecular complexity index is 200. The second kappa shape index (κ2) is 5.48. The Morgan fingerprint density at radius 3 is 2.56 bits per heavy atom. The molecule has 3 heteroatoms. The first-order valence-electron chi connectivity index (χ1n) is 6.75. The van der Waals surface area contributed by atoms with Gasteiger partial charge in [-0.15, -0.1) is 0 Å². The fourth-order valence-corrected chi connectivity index (χ4v) is 3.31. The van der Waals surface area contributed by atoms with Gasteiger partial charge in [0.1, 0.15) is 0 Å². The smallest absolute Gasteiger partial charge is 0.0636 e. The molecule has 3 nitrogen and oxygen atoms in total. The average Bonchev–Trinajstić information content (AvgIpc) is 2.29. The highest BCUT2D eigenvalue weighted by Crippen LogP contribution is 2.29. The van der Waals surface area contributed by atoms with Gasteiger partial charge in [0.2, 0.25) is 0 Å². The normalized spacial score (nSPS) is 41.2. The van der Waals surface area contributed by atoms with Crippen LogP contribution >= 0.6 is 0 Å². The lowest BCUT2D eigenvalue weighted by atomic mass is 9.84. The predicted molar refractivity (Wildman–Crippen MR) is 66.4 cm³/mol. The van der Waals surface area contributed by atoms with Crippen molar-refractivity contribution in [3.05, 3.63) is 0 Å². The lowest BCUT2D eigenvalue weighted by Crippen LogP contribution is -2.56. The number of rotatable bonds is 2. The van der Waals surface area contributed by atoms with Gasteiger partial charge >= 0.3 is 0 Å². The standard InChI is InChI=1S/C13H26N2O/c1-10-5-3-4-6-12(10)15(2)13-9-16-8-7-11(13)14/h10-13H,3-9,14H2,1-2H3. The highest BCUT2D eigenvalue weighted by Gasteiger charge is 2.33. The molecule has 1 saturated carbocycles. The Morgan fingerprint density at radius 2 is 1.88 bits per heavy atom. The van der Waals surface area contributed by atoms with Crippen molar-refractivity contribution in [2.45, 2.75) is 57.2 Å². The van der Waals surface area contributed by atoms with E-state index in [1.807, 2.05) is 0 Å². The zero-order valence-electron chi connectivity index (χ0n) is 10.7. The van der Waals surface area contributed by atoms with E-state index in [2.05, 4.69) is 18.9 Å². The van der Waals surface area contributed by atoms with Gasteiger partial charge in [0.05, 0.1) is 6.61 Å².